The normalized spacial score (nSPS) is 16.9. The number of carbonyl (C=O) groups excluding carboxylic acids is 1. The minimum atomic E-state index is -0.668. The van der Waals surface area contributed by atoms with Crippen molar-refractivity contribution in [2.24, 2.45) is 0 Å². The van der Waals surface area contributed by atoms with Crippen LogP contribution in [0.4, 0.5) is 0 Å². The van der Waals surface area contributed by atoms with Crippen molar-refractivity contribution in [2.75, 3.05) is 13.1 Å². The van der Waals surface area contributed by atoms with Crippen molar-refractivity contribution >= 4 is 40.2 Å². The molecule has 0 bridgehead atoms. The fraction of sp³-hybridized carbons (Fsp3) is 0.455. The van der Waals surface area contributed by atoms with Gasteiger partial charge in [-0.05, 0) is 12.8 Å². The number of carbonyl (C=O) groups is 1. The van der Waals surface area contributed by atoms with Crippen LogP contribution in [-0.2, 0) is 4.79 Å². The molecule has 4 nitrogen and oxygen atoms in total. The van der Waals surface area contributed by atoms with Crippen LogP contribution in [0.2, 0.25) is 0 Å². The van der Waals surface area contributed by atoms with Crippen molar-refractivity contribution in [1.82, 2.24) is 8.43 Å². The van der Waals surface area contributed by atoms with Crippen LogP contribution in [0.25, 0.3) is 0 Å². The van der Waals surface area contributed by atoms with E-state index in [1.165, 1.54) is 0 Å². The third-order valence-corrected chi connectivity index (χ3v) is 3.58. The van der Waals surface area contributed by atoms with Crippen molar-refractivity contribution in [3.05, 3.63) is 24.6 Å². The number of rotatable bonds is 7. The summed E-state index contributed by atoms with van der Waals surface area (Å²) in [4.78, 5) is 10.9. The third-order valence-electron chi connectivity index (χ3n) is 2.32. The molecular formula is C11H13ClIN3O. The van der Waals surface area contributed by atoms with Gasteiger partial charge in [0.15, 0.2) is 5.78 Å². The Balaban J connectivity index is 2.45. The first-order valence-electron chi connectivity index (χ1n) is 5.13. The van der Waals surface area contributed by atoms with Gasteiger partial charge in [-0.2, -0.15) is 5.26 Å². The minimum absolute atomic E-state index is 0.0518. The molecule has 1 rings (SSSR count). The van der Waals surface area contributed by atoms with Gasteiger partial charge in [0.1, 0.15) is 16.6 Å². The van der Waals surface area contributed by atoms with Crippen LogP contribution in [0, 0.1) is 11.3 Å². The highest BCUT2D eigenvalue weighted by molar-refractivity contribution is 14.1. The standard InChI is InChI=1S/C11H13ClIN3O/c1-2-5-16(13)8-9(6-14)15-7-10(17)11(12)3-4-11/h2,8,15H,1,3-5,7H2/b9-8-. The Morgan fingerprint density at radius 1 is 1.71 bits per heavy atom. The largest absolute Gasteiger partial charge is 0.368 e. The lowest BCUT2D eigenvalue weighted by Crippen LogP contribution is -2.29. The second-order valence-corrected chi connectivity index (χ2v) is 5.73. The Morgan fingerprint density at radius 3 is 2.82 bits per heavy atom. The molecule has 1 aliphatic carbocycles. The number of allylic oxidation sites excluding steroid dienone is 1. The zero-order chi connectivity index (χ0) is 12.9. The van der Waals surface area contributed by atoms with Crippen LogP contribution in [0.3, 0.4) is 0 Å². The van der Waals surface area contributed by atoms with Gasteiger partial charge >= 0.3 is 0 Å². The molecule has 0 saturated heterocycles. The number of alkyl halides is 1. The molecule has 0 heterocycles. The number of nitrogens with zero attached hydrogens (tertiary/aromatic N) is 2. The molecule has 0 aliphatic heterocycles. The van der Waals surface area contributed by atoms with E-state index < -0.39 is 4.87 Å². The lowest BCUT2D eigenvalue weighted by Gasteiger charge is -2.11. The lowest BCUT2D eigenvalue weighted by molar-refractivity contribution is -0.118. The highest BCUT2D eigenvalue weighted by Gasteiger charge is 2.47. The quantitative estimate of drug-likeness (QED) is 0.247. The van der Waals surface area contributed by atoms with Gasteiger partial charge in [-0.3, -0.25) is 4.79 Å². The van der Waals surface area contributed by atoms with Crippen LogP contribution in [0.15, 0.2) is 24.6 Å². The summed E-state index contributed by atoms with van der Waals surface area (Å²) in [6.07, 6.45) is 4.81. The zero-order valence-corrected chi connectivity index (χ0v) is 12.2. The molecule has 0 spiro atoms. The average Bonchev–Trinajstić information content (AvgIpc) is 3.03. The number of Topliss-reactive ketones (excluding diaryl/α,β-unsaturated/α-hetero) is 1. The highest BCUT2D eigenvalue weighted by Crippen LogP contribution is 2.43. The number of nitrogens with one attached hydrogen (secondary N) is 1. The van der Waals surface area contributed by atoms with Gasteiger partial charge in [-0.25, -0.2) is 0 Å². The van der Waals surface area contributed by atoms with E-state index in [2.05, 4.69) is 11.9 Å². The van der Waals surface area contributed by atoms with Crippen molar-refractivity contribution in [1.29, 1.82) is 5.26 Å². The Morgan fingerprint density at radius 2 is 2.35 bits per heavy atom. The summed E-state index contributed by atoms with van der Waals surface area (Å²) < 4.78 is 1.77. The van der Waals surface area contributed by atoms with Gasteiger partial charge < -0.3 is 8.43 Å². The maximum atomic E-state index is 11.6. The molecule has 0 unspecified atom stereocenters. The number of ketones is 1. The highest BCUT2D eigenvalue weighted by atomic mass is 127. The van der Waals surface area contributed by atoms with Crippen LogP contribution in [0.1, 0.15) is 12.8 Å². The van der Waals surface area contributed by atoms with Crippen molar-refractivity contribution in [3.63, 3.8) is 0 Å². The fourth-order valence-corrected chi connectivity index (χ4v) is 1.87. The first-order chi connectivity index (χ1) is 8.01. The fourth-order valence-electron chi connectivity index (χ4n) is 1.15. The summed E-state index contributed by atoms with van der Waals surface area (Å²) in [5.74, 6) is -0.0518. The third kappa shape index (κ3) is 4.56. The summed E-state index contributed by atoms with van der Waals surface area (Å²) >= 11 is 8.01. The Labute approximate surface area is 120 Å². The Hall–Kier alpha value is -0.740. The average molecular weight is 366 g/mol. The number of halogens is 2. The molecule has 0 atom stereocenters. The number of nitriles is 1. The number of hydrogen-bond acceptors (Lipinski definition) is 4. The summed E-state index contributed by atoms with van der Waals surface area (Å²) in [7, 11) is 0. The molecule has 1 fully saturated rings. The molecule has 92 valence electrons. The van der Waals surface area contributed by atoms with Crippen LogP contribution in [0.5, 0.6) is 0 Å². The molecule has 0 aromatic heterocycles. The Kier molecular flexibility index (Phi) is 5.28. The van der Waals surface area contributed by atoms with Gasteiger partial charge in [0.25, 0.3) is 0 Å². The predicted molar refractivity (Wildman–Crippen MR) is 75.4 cm³/mol. The second kappa shape index (κ2) is 6.26. The first kappa shape index (κ1) is 14.3. The van der Waals surface area contributed by atoms with Crippen LogP contribution >= 0.6 is 34.5 Å². The van der Waals surface area contributed by atoms with E-state index in [9.17, 15) is 4.79 Å². The van der Waals surface area contributed by atoms with Gasteiger partial charge in [-0.1, -0.05) is 6.08 Å². The molecular weight excluding hydrogens is 352 g/mol. The van der Waals surface area contributed by atoms with E-state index >= 15 is 0 Å². The van der Waals surface area contributed by atoms with Gasteiger partial charge in [0, 0.05) is 12.7 Å². The lowest BCUT2D eigenvalue weighted by atomic mass is 10.2. The molecule has 1 saturated carbocycles. The van der Waals surface area contributed by atoms with Crippen molar-refractivity contribution < 1.29 is 4.79 Å². The summed E-state index contributed by atoms with van der Waals surface area (Å²) in [5.41, 5.74) is 0.343. The topological polar surface area (TPSA) is 56.1 Å². The summed E-state index contributed by atoms with van der Waals surface area (Å²) in [5, 5.41) is 11.7. The maximum Gasteiger partial charge on any atom is 0.172 e. The molecule has 0 radical (unpaired) electrons. The Bertz CT molecular complexity index is 385. The van der Waals surface area contributed by atoms with E-state index in [-0.39, 0.29) is 12.3 Å². The number of hydrogen-bond donors (Lipinski definition) is 1. The molecule has 1 aliphatic rings. The maximum absolute atomic E-state index is 11.6. The van der Waals surface area contributed by atoms with E-state index in [0.29, 0.717) is 12.2 Å². The molecule has 0 amide bonds. The van der Waals surface area contributed by atoms with E-state index in [0.717, 1.165) is 12.8 Å². The summed E-state index contributed by atoms with van der Waals surface area (Å²) in [6.45, 7) is 4.32. The van der Waals surface area contributed by atoms with E-state index in [1.54, 1.807) is 15.4 Å². The monoisotopic (exact) mass is 365 g/mol. The molecule has 0 aromatic carbocycles. The predicted octanol–water partition coefficient (Wildman–Crippen LogP) is 2.12. The van der Waals surface area contributed by atoms with Crippen LogP contribution in [-0.4, -0.2) is 26.9 Å². The van der Waals surface area contributed by atoms with E-state index in [1.807, 2.05) is 28.9 Å². The van der Waals surface area contributed by atoms with Crippen molar-refractivity contribution in [2.45, 2.75) is 17.7 Å². The first-order valence-corrected chi connectivity index (χ1v) is 6.47. The molecule has 1 N–H and O–H groups in total. The molecule has 17 heavy (non-hydrogen) atoms. The van der Waals surface area contributed by atoms with Gasteiger partial charge in [0.05, 0.1) is 29.4 Å². The zero-order valence-electron chi connectivity index (χ0n) is 9.25. The van der Waals surface area contributed by atoms with Gasteiger partial charge in [0.2, 0.25) is 0 Å². The molecule has 0 aromatic rings. The van der Waals surface area contributed by atoms with Gasteiger partial charge in [-0.15, -0.1) is 18.2 Å². The minimum Gasteiger partial charge on any atom is -0.368 e. The van der Waals surface area contributed by atoms with Crippen LogP contribution < -0.4 is 5.32 Å². The SMILES string of the molecule is C=CCN(I)/C=C(/C#N)NCC(=O)C1(Cl)CC1. The smallest absolute Gasteiger partial charge is 0.172 e. The summed E-state index contributed by atoms with van der Waals surface area (Å²) in [6, 6.07) is 1.99. The molecule has 6 heteroatoms. The van der Waals surface area contributed by atoms with Crippen molar-refractivity contribution in [3.8, 4) is 6.07 Å². The second-order valence-electron chi connectivity index (χ2n) is 3.77. The van der Waals surface area contributed by atoms with E-state index in [4.69, 9.17) is 16.9 Å².